The zero-order chi connectivity index (χ0) is 22.7. The van der Waals surface area contributed by atoms with Gasteiger partial charge in [-0.25, -0.2) is 9.78 Å². The summed E-state index contributed by atoms with van der Waals surface area (Å²) in [5.74, 6) is 1.13. The number of hydrogen-bond acceptors (Lipinski definition) is 8. The molecular formula is C22H24N6O3S. The zero-order valence-electron chi connectivity index (χ0n) is 18.0. The van der Waals surface area contributed by atoms with Crippen LogP contribution < -0.4 is 10.6 Å². The Hall–Kier alpha value is -3.37. The Bertz CT molecular complexity index is 1240. The van der Waals surface area contributed by atoms with Crippen molar-refractivity contribution in [3.8, 4) is 11.1 Å². The zero-order valence-corrected chi connectivity index (χ0v) is 18.9. The van der Waals surface area contributed by atoms with E-state index in [-0.39, 0.29) is 18.1 Å². The van der Waals surface area contributed by atoms with E-state index in [1.807, 2.05) is 45.0 Å². The first-order valence-corrected chi connectivity index (χ1v) is 11.0. The van der Waals surface area contributed by atoms with Crippen molar-refractivity contribution >= 4 is 32.7 Å². The molecule has 9 nitrogen and oxygen atoms in total. The summed E-state index contributed by atoms with van der Waals surface area (Å²) < 4.78 is 6.19. The standard InChI is InChI=1S/C22H24N6O3S/c1-22(2,3)19-26-18(28-31-19)6-7-24-20(30)27-21-25-16-5-4-14(9-17(16)32-21)15-8-13(12-29)10-23-11-15/h4-5,8-11,29H,6-7,12H2,1-3H3,(H2,24,25,27,30). The number of nitrogens with one attached hydrogen (secondary N) is 2. The number of anilines is 1. The Morgan fingerprint density at radius 3 is 2.75 bits per heavy atom. The number of aliphatic hydroxyl groups excluding tert-OH is 1. The van der Waals surface area contributed by atoms with Crippen LogP contribution in [-0.2, 0) is 18.4 Å². The summed E-state index contributed by atoms with van der Waals surface area (Å²) in [6, 6.07) is 7.40. The topological polar surface area (TPSA) is 126 Å². The van der Waals surface area contributed by atoms with E-state index in [0.29, 0.717) is 29.8 Å². The van der Waals surface area contributed by atoms with Gasteiger partial charge in [-0.15, -0.1) is 0 Å². The predicted octanol–water partition coefficient (Wildman–Crippen LogP) is 3.90. The average Bonchev–Trinajstić information content (AvgIpc) is 3.39. The first-order valence-electron chi connectivity index (χ1n) is 10.2. The van der Waals surface area contributed by atoms with Crippen LogP contribution in [0, 0.1) is 0 Å². The smallest absolute Gasteiger partial charge is 0.321 e. The van der Waals surface area contributed by atoms with Crippen LogP contribution in [-0.4, -0.2) is 37.8 Å². The second-order valence-electron chi connectivity index (χ2n) is 8.34. The Labute approximate surface area is 188 Å². The van der Waals surface area contributed by atoms with Crippen molar-refractivity contribution in [2.24, 2.45) is 0 Å². The number of carbonyl (C=O) groups excluding carboxylic acids is 1. The van der Waals surface area contributed by atoms with E-state index in [2.05, 4.69) is 30.7 Å². The number of pyridine rings is 1. The molecule has 0 fully saturated rings. The number of nitrogens with zero attached hydrogens (tertiary/aromatic N) is 4. The number of carbonyl (C=O) groups is 1. The van der Waals surface area contributed by atoms with Crippen molar-refractivity contribution in [1.29, 1.82) is 0 Å². The Morgan fingerprint density at radius 2 is 2.00 bits per heavy atom. The van der Waals surface area contributed by atoms with Crippen molar-refractivity contribution < 1.29 is 14.4 Å². The van der Waals surface area contributed by atoms with Crippen LogP contribution in [0.25, 0.3) is 21.3 Å². The molecule has 2 amide bonds. The number of amides is 2. The molecule has 0 atom stereocenters. The Balaban J connectivity index is 1.36. The van der Waals surface area contributed by atoms with Gasteiger partial charge in [0.2, 0.25) is 5.89 Å². The third-order valence-corrected chi connectivity index (χ3v) is 5.60. The molecule has 0 radical (unpaired) electrons. The lowest BCUT2D eigenvalue weighted by Crippen LogP contribution is -2.30. The fourth-order valence-corrected chi connectivity index (χ4v) is 3.88. The lowest BCUT2D eigenvalue weighted by Gasteiger charge is -2.10. The van der Waals surface area contributed by atoms with Gasteiger partial charge in [-0.05, 0) is 29.3 Å². The monoisotopic (exact) mass is 452 g/mol. The SMILES string of the molecule is CC(C)(C)c1nc(CCNC(=O)Nc2nc3ccc(-c4cncc(CO)c4)cc3s2)no1. The highest BCUT2D eigenvalue weighted by atomic mass is 32.1. The van der Waals surface area contributed by atoms with Gasteiger partial charge in [0.1, 0.15) is 0 Å². The maximum atomic E-state index is 12.3. The largest absolute Gasteiger partial charge is 0.392 e. The maximum absolute atomic E-state index is 12.3. The molecular weight excluding hydrogens is 428 g/mol. The van der Waals surface area contributed by atoms with Gasteiger partial charge in [-0.2, -0.15) is 4.98 Å². The van der Waals surface area contributed by atoms with Gasteiger partial charge in [0.05, 0.1) is 16.8 Å². The number of rotatable bonds is 6. The number of thiazole rings is 1. The van der Waals surface area contributed by atoms with Gasteiger partial charge in [0.15, 0.2) is 11.0 Å². The maximum Gasteiger partial charge on any atom is 0.321 e. The van der Waals surface area contributed by atoms with Crippen molar-refractivity contribution in [2.45, 2.75) is 39.2 Å². The Morgan fingerprint density at radius 1 is 1.16 bits per heavy atom. The number of aliphatic hydroxyl groups is 1. The van der Waals surface area contributed by atoms with Gasteiger partial charge in [0, 0.05) is 36.3 Å². The highest BCUT2D eigenvalue weighted by Gasteiger charge is 2.21. The van der Waals surface area contributed by atoms with E-state index in [9.17, 15) is 9.90 Å². The minimum Gasteiger partial charge on any atom is -0.392 e. The molecule has 4 rings (SSSR count). The van der Waals surface area contributed by atoms with Crippen molar-refractivity contribution in [3.05, 3.63) is 53.9 Å². The molecule has 0 spiro atoms. The van der Waals surface area contributed by atoms with Crippen molar-refractivity contribution in [2.75, 3.05) is 11.9 Å². The molecule has 3 heterocycles. The molecule has 0 aliphatic heterocycles. The molecule has 0 saturated carbocycles. The molecule has 4 aromatic rings. The van der Waals surface area contributed by atoms with Crippen LogP contribution in [0.2, 0.25) is 0 Å². The second-order valence-corrected chi connectivity index (χ2v) is 9.37. The van der Waals surface area contributed by atoms with Crippen molar-refractivity contribution in [3.63, 3.8) is 0 Å². The minimum atomic E-state index is -0.344. The summed E-state index contributed by atoms with van der Waals surface area (Å²) in [5, 5.41) is 19.3. The minimum absolute atomic E-state index is 0.0582. The van der Waals surface area contributed by atoms with E-state index in [4.69, 9.17) is 4.52 Å². The molecule has 3 aromatic heterocycles. The van der Waals surface area contributed by atoms with Crippen LogP contribution in [0.3, 0.4) is 0 Å². The molecule has 1 aromatic carbocycles. The quantitative estimate of drug-likeness (QED) is 0.405. The molecule has 0 bridgehead atoms. The summed E-state index contributed by atoms with van der Waals surface area (Å²) >= 11 is 1.39. The Kier molecular flexibility index (Phi) is 6.15. The molecule has 0 saturated heterocycles. The number of hydrogen-bond donors (Lipinski definition) is 3. The van der Waals surface area contributed by atoms with Gasteiger partial charge in [-0.3, -0.25) is 10.3 Å². The van der Waals surface area contributed by atoms with Crippen LogP contribution >= 0.6 is 11.3 Å². The molecule has 3 N–H and O–H groups in total. The highest BCUT2D eigenvalue weighted by Crippen LogP contribution is 2.30. The molecule has 0 aliphatic rings. The summed E-state index contributed by atoms with van der Waals surface area (Å²) in [6.45, 7) is 6.32. The first kappa shape index (κ1) is 21.8. The summed E-state index contributed by atoms with van der Waals surface area (Å²) in [7, 11) is 0. The predicted molar refractivity (Wildman–Crippen MR) is 122 cm³/mol. The summed E-state index contributed by atoms with van der Waals surface area (Å²) in [6.07, 6.45) is 3.86. The number of benzene rings is 1. The lowest BCUT2D eigenvalue weighted by atomic mass is 9.97. The molecule has 0 unspecified atom stereocenters. The van der Waals surface area contributed by atoms with E-state index in [1.54, 1.807) is 12.4 Å². The van der Waals surface area contributed by atoms with Crippen LogP contribution in [0.1, 0.15) is 38.0 Å². The third kappa shape index (κ3) is 5.09. The van der Waals surface area contributed by atoms with E-state index < -0.39 is 0 Å². The fourth-order valence-electron chi connectivity index (χ4n) is 2.98. The van der Waals surface area contributed by atoms with E-state index >= 15 is 0 Å². The molecule has 32 heavy (non-hydrogen) atoms. The molecule has 166 valence electrons. The highest BCUT2D eigenvalue weighted by molar-refractivity contribution is 7.22. The van der Waals surface area contributed by atoms with Gasteiger partial charge in [0.25, 0.3) is 0 Å². The van der Waals surface area contributed by atoms with Crippen molar-refractivity contribution in [1.82, 2.24) is 25.4 Å². The van der Waals surface area contributed by atoms with Gasteiger partial charge in [-0.1, -0.05) is 43.3 Å². The normalized spacial score (nSPS) is 11.6. The summed E-state index contributed by atoms with van der Waals surface area (Å²) in [5.41, 5.74) is 3.22. The van der Waals surface area contributed by atoms with Crippen LogP contribution in [0.15, 0.2) is 41.2 Å². The molecule has 0 aliphatic carbocycles. The second kappa shape index (κ2) is 9.01. The van der Waals surface area contributed by atoms with E-state index in [0.717, 1.165) is 26.9 Å². The third-order valence-electron chi connectivity index (χ3n) is 4.66. The van der Waals surface area contributed by atoms with Crippen LogP contribution in [0.5, 0.6) is 0 Å². The number of urea groups is 1. The lowest BCUT2D eigenvalue weighted by molar-refractivity contribution is 0.252. The van der Waals surface area contributed by atoms with Crippen LogP contribution in [0.4, 0.5) is 9.93 Å². The van der Waals surface area contributed by atoms with Gasteiger partial charge >= 0.3 is 6.03 Å². The summed E-state index contributed by atoms with van der Waals surface area (Å²) in [4.78, 5) is 25.2. The molecule has 10 heteroatoms. The average molecular weight is 453 g/mol. The van der Waals surface area contributed by atoms with Gasteiger partial charge < -0.3 is 14.9 Å². The number of aromatic nitrogens is 4. The van der Waals surface area contributed by atoms with E-state index in [1.165, 1.54) is 11.3 Å². The fraction of sp³-hybridized carbons (Fsp3) is 0.318. The number of fused-ring (bicyclic) bond motifs is 1. The first-order chi connectivity index (χ1) is 15.3.